The Hall–Kier alpha value is -3.86. The van der Waals surface area contributed by atoms with Crippen molar-refractivity contribution < 1.29 is 19.5 Å². The van der Waals surface area contributed by atoms with Crippen molar-refractivity contribution in [1.82, 2.24) is 20.2 Å². The Morgan fingerprint density at radius 1 is 0.949 bits per heavy atom. The van der Waals surface area contributed by atoms with Gasteiger partial charge >= 0.3 is 11.7 Å². The van der Waals surface area contributed by atoms with Crippen LogP contribution in [-0.4, -0.2) is 56.5 Å². The van der Waals surface area contributed by atoms with Crippen molar-refractivity contribution in [2.75, 3.05) is 12.0 Å². The van der Waals surface area contributed by atoms with Gasteiger partial charge in [-0.15, -0.1) is 0 Å². The highest BCUT2D eigenvalue weighted by atomic mass is 32.2. The van der Waals surface area contributed by atoms with Crippen LogP contribution in [0.1, 0.15) is 38.3 Å². The van der Waals surface area contributed by atoms with Crippen LogP contribution in [0.5, 0.6) is 0 Å². The van der Waals surface area contributed by atoms with E-state index in [-0.39, 0.29) is 30.6 Å². The standard InChI is InChI=1S/C28H34N4O6S/c1-17(2)15-22(24(33)29-21(27(36)37)13-14-39-3)30-25(34)23(16-18-9-5-4-6-10-18)32-26(35)19-11-7-8-12-20(19)31-28(32)38/h4-12,17,21-23H,13-16H2,1-3H3,(H,29,33)(H,30,34)(H,31,38)(H,36,37)/t21-,22-,23+/m0/s1. The number of thioether (sulfide) groups is 1. The van der Waals surface area contributed by atoms with Crippen molar-refractivity contribution >= 4 is 40.4 Å². The maximum Gasteiger partial charge on any atom is 0.329 e. The highest BCUT2D eigenvalue weighted by Gasteiger charge is 2.31. The Bertz CT molecular complexity index is 1420. The van der Waals surface area contributed by atoms with Gasteiger partial charge in [0.05, 0.1) is 10.9 Å². The molecular formula is C28H34N4O6S. The Labute approximate surface area is 230 Å². The van der Waals surface area contributed by atoms with Crippen molar-refractivity contribution in [3.63, 3.8) is 0 Å². The van der Waals surface area contributed by atoms with Gasteiger partial charge in [0.15, 0.2) is 0 Å². The molecule has 0 saturated heterocycles. The summed E-state index contributed by atoms with van der Waals surface area (Å²) in [7, 11) is 0. The van der Waals surface area contributed by atoms with Crippen LogP contribution in [0, 0.1) is 5.92 Å². The molecular weight excluding hydrogens is 520 g/mol. The van der Waals surface area contributed by atoms with Crippen LogP contribution < -0.4 is 21.9 Å². The van der Waals surface area contributed by atoms with Gasteiger partial charge in [0.25, 0.3) is 5.56 Å². The third-order valence-corrected chi connectivity index (χ3v) is 6.93. The van der Waals surface area contributed by atoms with Gasteiger partial charge in [-0.25, -0.2) is 14.2 Å². The first-order valence-electron chi connectivity index (χ1n) is 12.7. The van der Waals surface area contributed by atoms with Crippen LogP contribution in [0.25, 0.3) is 10.9 Å². The predicted octanol–water partition coefficient (Wildman–Crippen LogP) is 2.33. The molecule has 3 atom stereocenters. The number of rotatable bonds is 13. The van der Waals surface area contributed by atoms with Gasteiger partial charge in [-0.05, 0) is 48.5 Å². The van der Waals surface area contributed by atoms with Crippen molar-refractivity contribution in [3.8, 4) is 0 Å². The Morgan fingerprint density at radius 2 is 1.59 bits per heavy atom. The summed E-state index contributed by atoms with van der Waals surface area (Å²) in [6.07, 6.45) is 2.32. The molecule has 3 aromatic rings. The quantitative estimate of drug-likeness (QED) is 0.253. The number of amides is 2. The number of aromatic amines is 1. The Balaban J connectivity index is 1.99. The van der Waals surface area contributed by atoms with Crippen LogP contribution in [0.15, 0.2) is 64.2 Å². The fourth-order valence-corrected chi connectivity index (χ4v) is 4.81. The molecule has 0 radical (unpaired) electrons. The smallest absolute Gasteiger partial charge is 0.329 e. The molecule has 0 aliphatic rings. The number of H-pyrrole nitrogens is 1. The van der Waals surface area contributed by atoms with E-state index in [1.165, 1.54) is 11.8 Å². The molecule has 4 N–H and O–H groups in total. The van der Waals surface area contributed by atoms with E-state index >= 15 is 0 Å². The number of benzene rings is 2. The minimum atomic E-state index is -1.26. The van der Waals surface area contributed by atoms with Gasteiger partial charge in [-0.2, -0.15) is 11.8 Å². The van der Waals surface area contributed by atoms with E-state index < -0.39 is 47.2 Å². The molecule has 0 saturated carbocycles. The zero-order valence-corrected chi connectivity index (χ0v) is 23.0. The van der Waals surface area contributed by atoms with Gasteiger partial charge in [-0.3, -0.25) is 14.4 Å². The first-order valence-corrected chi connectivity index (χ1v) is 14.1. The second kappa shape index (κ2) is 13.8. The van der Waals surface area contributed by atoms with Gasteiger partial charge in [0.2, 0.25) is 11.8 Å². The summed E-state index contributed by atoms with van der Waals surface area (Å²) >= 11 is 1.46. The summed E-state index contributed by atoms with van der Waals surface area (Å²) in [6.45, 7) is 3.74. The second-order valence-corrected chi connectivity index (χ2v) is 10.7. The SMILES string of the molecule is CSCC[C@H](NC(=O)[C@H](CC(C)C)NC(=O)[C@@H](Cc1ccccc1)n1c(=O)[nH]c2ccccc2c1=O)C(=O)O. The normalized spacial score (nSPS) is 13.5. The number of hydrogen-bond acceptors (Lipinski definition) is 6. The van der Waals surface area contributed by atoms with Gasteiger partial charge in [0.1, 0.15) is 18.1 Å². The third kappa shape index (κ3) is 7.82. The van der Waals surface area contributed by atoms with E-state index in [2.05, 4.69) is 15.6 Å². The molecule has 0 unspecified atom stereocenters. The summed E-state index contributed by atoms with van der Waals surface area (Å²) in [4.78, 5) is 67.8. The van der Waals surface area contributed by atoms with E-state index in [4.69, 9.17) is 0 Å². The number of nitrogens with zero attached hydrogens (tertiary/aromatic N) is 1. The number of fused-ring (bicyclic) bond motifs is 1. The highest BCUT2D eigenvalue weighted by Crippen LogP contribution is 2.15. The molecule has 0 aliphatic carbocycles. The van der Waals surface area contributed by atoms with E-state index in [0.717, 1.165) is 4.57 Å². The largest absolute Gasteiger partial charge is 0.480 e. The van der Waals surface area contributed by atoms with Crippen LogP contribution in [-0.2, 0) is 20.8 Å². The highest BCUT2D eigenvalue weighted by molar-refractivity contribution is 7.98. The number of carbonyl (C=O) groups is 3. The Morgan fingerprint density at radius 3 is 2.23 bits per heavy atom. The van der Waals surface area contributed by atoms with E-state index in [0.29, 0.717) is 16.8 Å². The number of carboxylic acids is 1. The number of carbonyl (C=O) groups excluding carboxylic acids is 2. The molecule has 1 aromatic heterocycles. The third-order valence-electron chi connectivity index (χ3n) is 6.29. The zero-order valence-electron chi connectivity index (χ0n) is 22.2. The maximum absolute atomic E-state index is 13.8. The van der Waals surface area contributed by atoms with Gasteiger partial charge in [0, 0.05) is 6.42 Å². The minimum absolute atomic E-state index is 0.0186. The number of para-hydroxylation sites is 1. The molecule has 0 fully saturated rings. The van der Waals surface area contributed by atoms with Gasteiger partial charge < -0.3 is 20.7 Å². The number of aromatic nitrogens is 2. The Kier molecular flexibility index (Phi) is 10.5. The first-order chi connectivity index (χ1) is 18.6. The maximum atomic E-state index is 13.8. The number of hydrogen-bond donors (Lipinski definition) is 4. The average Bonchev–Trinajstić information content (AvgIpc) is 2.90. The fourth-order valence-electron chi connectivity index (χ4n) is 4.33. The molecule has 11 heteroatoms. The molecule has 39 heavy (non-hydrogen) atoms. The van der Waals surface area contributed by atoms with E-state index in [1.54, 1.807) is 48.5 Å². The molecule has 208 valence electrons. The van der Waals surface area contributed by atoms with Crippen molar-refractivity contribution in [2.45, 2.75) is 51.2 Å². The lowest BCUT2D eigenvalue weighted by atomic mass is 10.0. The van der Waals surface area contributed by atoms with Crippen LogP contribution >= 0.6 is 11.8 Å². The van der Waals surface area contributed by atoms with E-state index in [9.17, 15) is 29.1 Å². The minimum Gasteiger partial charge on any atom is -0.480 e. The molecule has 0 bridgehead atoms. The first kappa shape index (κ1) is 29.7. The molecule has 2 amide bonds. The molecule has 2 aromatic carbocycles. The van der Waals surface area contributed by atoms with Crippen molar-refractivity contribution in [1.29, 1.82) is 0 Å². The molecule has 3 rings (SSSR count). The second-order valence-electron chi connectivity index (χ2n) is 9.73. The number of aliphatic carboxylic acids is 1. The molecule has 0 spiro atoms. The summed E-state index contributed by atoms with van der Waals surface area (Å²) in [6, 6.07) is 12.0. The van der Waals surface area contributed by atoms with Crippen LogP contribution in [0.2, 0.25) is 0 Å². The summed E-state index contributed by atoms with van der Waals surface area (Å²) in [5.41, 5.74) is -0.310. The average molecular weight is 555 g/mol. The summed E-state index contributed by atoms with van der Waals surface area (Å²) < 4.78 is 0.882. The monoisotopic (exact) mass is 554 g/mol. The molecule has 1 heterocycles. The lowest BCUT2D eigenvalue weighted by molar-refractivity contribution is -0.142. The molecule has 10 nitrogen and oxygen atoms in total. The molecule has 0 aliphatic heterocycles. The number of carboxylic acid groups (broad SMARTS) is 1. The summed E-state index contributed by atoms with van der Waals surface area (Å²) in [5.74, 6) is -1.98. The lowest BCUT2D eigenvalue weighted by Crippen LogP contribution is -2.54. The van der Waals surface area contributed by atoms with E-state index in [1.807, 2.05) is 26.2 Å². The van der Waals surface area contributed by atoms with Gasteiger partial charge in [-0.1, -0.05) is 56.3 Å². The van der Waals surface area contributed by atoms with Crippen LogP contribution in [0.3, 0.4) is 0 Å². The summed E-state index contributed by atoms with van der Waals surface area (Å²) in [5, 5.41) is 15.0. The lowest BCUT2D eigenvalue weighted by Gasteiger charge is -2.26. The number of nitrogens with one attached hydrogen (secondary N) is 3. The topological polar surface area (TPSA) is 150 Å². The van der Waals surface area contributed by atoms with Crippen molar-refractivity contribution in [2.24, 2.45) is 5.92 Å². The van der Waals surface area contributed by atoms with Crippen molar-refractivity contribution in [3.05, 3.63) is 81.0 Å². The fraction of sp³-hybridized carbons (Fsp3) is 0.393. The predicted molar refractivity (Wildman–Crippen MR) is 152 cm³/mol. The zero-order chi connectivity index (χ0) is 28.5. The van der Waals surface area contributed by atoms with Crippen LogP contribution in [0.4, 0.5) is 0 Å².